The lowest BCUT2D eigenvalue weighted by Crippen LogP contribution is -2.51. The first-order valence-corrected chi connectivity index (χ1v) is 8.11. The van der Waals surface area contributed by atoms with Crippen molar-refractivity contribution >= 4 is 11.7 Å². The Balaban J connectivity index is 1.50. The summed E-state index contributed by atoms with van der Waals surface area (Å²) in [5.41, 5.74) is 3.69. The fourth-order valence-electron chi connectivity index (χ4n) is 2.95. The molecule has 0 aromatic heterocycles. The van der Waals surface area contributed by atoms with Gasteiger partial charge in [0.15, 0.2) is 0 Å². The molecule has 2 amide bonds. The first-order valence-electron chi connectivity index (χ1n) is 8.11. The number of nitrogens with zero attached hydrogens (tertiary/aromatic N) is 2. The van der Waals surface area contributed by atoms with Crippen molar-refractivity contribution in [2.24, 2.45) is 0 Å². The molecule has 1 aliphatic rings. The van der Waals surface area contributed by atoms with Crippen LogP contribution in [0.4, 0.5) is 10.5 Å². The van der Waals surface area contributed by atoms with Gasteiger partial charge in [-0.15, -0.1) is 0 Å². The molecule has 4 nitrogen and oxygen atoms in total. The Morgan fingerprint density at radius 2 is 1.61 bits per heavy atom. The maximum absolute atomic E-state index is 12.3. The van der Waals surface area contributed by atoms with Crippen molar-refractivity contribution in [1.82, 2.24) is 10.2 Å². The van der Waals surface area contributed by atoms with E-state index in [1.165, 1.54) is 11.3 Å². The van der Waals surface area contributed by atoms with Crippen molar-refractivity contribution in [2.45, 2.75) is 13.5 Å². The molecule has 0 saturated carbocycles. The summed E-state index contributed by atoms with van der Waals surface area (Å²) in [6.07, 6.45) is 0. The van der Waals surface area contributed by atoms with E-state index < -0.39 is 0 Å². The minimum Gasteiger partial charge on any atom is -0.368 e. The summed E-state index contributed by atoms with van der Waals surface area (Å²) >= 11 is 0. The molecular formula is C19H23N3O. The molecule has 2 aromatic carbocycles. The second kappa shape index (κ2) is 7.18. The van der Waals surface area contributed by atoms with Crippen molar-refractivity contribution in [3.05, 3.63) is 65.7 Å². The van der Waals surface area contributed by atoms with Crippen LogP contribution in [-0.4, -0.2) is 37.1 Å². The fraction of sp³-hybridized carbons (Fsp3) is 0.316. The van der Waals surface area contributed by atoms with Crippen LogP contribution >= 0.6 is 0 Å². The molecule has 23 heavy (non-hydrogen) atoms. The van der Waals surface area contributed by atoms with Gasteiger partial charge < -0.3 is 15.1 Å². The van der Waals surface area contributed by atoms with Crippen LogP contribution < -0.4 is 10.2 Å². The predicted octanol–water partition coefficient (Wildman–Crippen LogP) is 3.03. The molecule has 3 rings (SSSR count). The summed E-state index contributed by atoms with van der Waals surface area (Å²) in [5.74, 6) is 0. The summed E-state index contributed by atoms with van der Waals surface area (Å²) in [6.45, 7) is 5.99. The first kappa shape index (κ1) is 15.4. The second-order valence-corrected chi connectivity index (χ2v) is 5.90. The molecule has 0 bridgehead atoms. The maximum Gasteiger partial charge on any atom is 0.317 e. The van der Waals surface area contributed by atoms with Gasteiger partial charge in [0.1, 0.15) is 0 Å². The zero-order valence-corrected chi connectivity index (χ0v) is 13.5. The Hall–Kier alpha value is -2.49. The lowest BCUT2D eigenvalue weighted by Gasteiger charge is -2.36. The van der Waals surface area contributed by atoms with Gasteiger partial charge in [-0.25, -0.2) is 4.79 Å². The van der Waals surface area contributed by atoms with Gasteiger partial charge in [-0.1, -0.05) is 48.5 Å². The molecule has 1 saturated heterocycles. The highest BCUT2D eigenvalue weighted by atomic mass is 16.2. The standard InChI is InChI=1S/C19H23N3O/c1-16-7-5-6-10-18(16)21-11-13-22(14-12-21)19(23)20-15-17-8-3-2-4-9-17/h2-10H,11-15H2,1H3,(H,20,23). The highest BCUT2D eigenvalue weighted by Gasteiger charge is 2.21. The topological polar surface area (TPSA) is 35.6 Å². The zero-order valence-electron chi connectivity index (χ0n) is 13.5. The zero-order chi connectivity index (χ0) is 16.1. The minimum absolute atomic E-state index is 0.0262. The van der Waals surface area contributed by atoms with E-state index in [0.717, 1.165) is 31.7 Å². The predicted molar refractivity (Wildman–Crippen MR) is 93.6 cm³/mol. The number of carbonyl (C=O) groups excluding carboxylic acids is 1. The third-order valence-corrected chi connectivity index (χ3v) is 4.31. The third kappa shape index (κ3) is 3.83. The lowest BCUT2D eigenvalue weighted by molar-refractivity contribution is 0.194. The number of rotatable bonds is 3. The minimum atomic E-state index is 0.0262. The van der Waals surface area contributed by atoms with E-state index in [-0.39, 0.29) is 6.03 Å². The van der Waals surface area contributed by atoms with Crippen molar-refractivity contribution in [2.75, 3.05) is 31.1 Å². The van der Waals surface area contributed by atoms with E-state index in [1.54, 1.807) is 0 Å². The van der Waals surface area contributed by atoms with E-state index in [0.29, 0.717) is 6.54 Å². The number of nitrogens with one attached hydrogen (secondary N) is 1. The Bertz CT molecular complexity index is 649. The third-order valence-electron chi connectivity index (χ3n) is 4.31. The van der Waals surface area contributed by atoms with Gasteiger partial charge in [-0.3, -0.25) is 0 Å². The molecule has 0 radical (unpaired) electrons. The lowest BCUT2D eigenvalue weighted by atomic mass is 10.1. The smallest absolute Gasteiger partial charge is 0.317 e. The summed E-state index contributed by atoms with van der Waals surface area (Å²) in [7, 11) is 0. The molecule has 1 fully saturated rings. The molecule has 1 heterocycles. The quantitative estimate of drug-likeness (QED) is 0.946. The van der Waals surface area contributed by atoms with Crippen molar-refractivity contribution in [3.63, 3.8) is 0 Å². The van der Waals surface area contributed by atoms with E-state index in [9.17, 15) is 4.79 Å². The highest BCUT2D eigenvalue weighted by molar-refractivity contribution is 5.74. The maximum atomic E-state index is 12.3. The van der Waals surface area contributed by atoms with Crippen molar-refractivity contribution in [3.8, 4) is 0 Å². The number of carbonyl (C=O) groups is 1. The van der Waals surface area contributed by atoms with Gasteiger partial charge >= 0.3 is 6.03 Å². The molecule has 120 valence electrons. The summed E-state index contributed by atoms with van der Waals surface area (Å²) in [5, 5.41) is 3.00. The van der Waals surface area contributed by atoms with Crippen LogP contribution in [0.5, 0.6) is 0 Å². The van der Waals surface area contributed by atoms with Crippen LogP contribution in [0, 0.1) is 6.92 Å². The number of urea groups is 1. The van der Waals surface area contributed by atoms with Gasteiger partial charge in [0.25, 0.3) is 0 Å². The Morgan fingerprint density at radius 1 is 0.957 bits per heavy atom. The van der Waals surface area contributed by atoms with Crippen molar-refractivity contribution in [1.29, 1.82) is 0 Å². The molecule has 1 N–H and O–H groups in total. The average molecular weight is 309 g/mol. The summed E-state index contributed by atoms with van der Waals surface area (Å²) in [4.78, 5) is 16.5. The van der Waals surface area contributed by atoms with Gasteiger partial charge in [-0.2, -0.15) is 0 Å². The van der Waals surface area contributed by atoms with Crippen LogP contribution in [0.2, 0.25) is 0 Å². The van der Waals surface area contributed by atoms with Gasteiger partial charge in [-0.05, 0) is 24.1 Å². The number of anilines is 1. The number of para-hydroxylation sites is 1. The Morgan fingerprint density at radius 3 is 2.30 bits per heavy atom. The number of amides is 2. The number of piperazine rings is 1. The molecular weight excluding hydrogens is 286 g/mol. The molecule has 2 aromatic rings. The van der Waals surface area contributed by atoms with Crippen LogP contribution in [0.15, 0.2) is 54.6 Å². The van der Waals surface area contributed by atoms with E-state index in [4.69, 9.17) is 0 Å². The van der Waals surface area contributed by atoms with Crippen LogP contribution in [-0.2, 0) is 6.54 Å². The van der Waals surface area contributed by atoms with Gasteiger partial charge in [0.2, 0.25) is 0 Å². The van der Waals surface area contributed by atoms with Crippen LogP contribution in [0.1, 0.15) is 11.1 Å². The molecule has 0 atom stereocenters. The SMILES string of the molecule is Cc1ccccc1N1CCN(C(=O)NCc2ccccc2)CC1. The van der Waals surface area contributed by atoms with Gasteiger partial charge in [0, 0.05) is 38.4 Å². The molecule has 0 aliphatic carbocycles. The highest BCUT2D eigenvalue weighted by Crippen LogP contribution is 2.20. The average Bonchev–Trinajstić information content (AvgIpc) is 2.61. The van der Waals surface area contributed by atoms with E-state index >= 15 is 0 Å². The number of hydrogen-bond acceptors (Lipinski definition) is 2. The van der Waals surface area contributed by atoms with Crippen molar-refractivity contribution < 1.29 is 4.79 Å². The molecule has 0 spiro atoms. The van der Waals surface area contributed by atoms with Crippen LogP contribution in [0.3, 0.4) is 0 Å². The van der Waals surface area contributed by atoms with E-state index in [2.05, 4.69) is 41.4 Å². The molecule has 1 aliphatic heterocycles. The normalized spacial score (nSPS) is 14.7. The summed E-state index contributed by atoms with van der Waals surface area (Å²) in [6, 6.07) is 18.5. The Kier molecular flexibility index (Phi) is 4.81. The first-order chi connectivity index (χ1) is 11.2. The van der Waals surface area contributed by atoms with E-state index in [1.807, 2.05) is 35.2 Å². The largest absolute Gasteiger partial charge is 0.368 e. The number of benzene rings is 2. The number of hydrogen-bond donors (Lipinski definition) is 1. The molecule has 0 unspecified atom stereocenters. The van der Waals surface area contributed by atoms with Gasteiger partial charge in [0.05, 0.1) is 0 Å². The fourth-order valence-corrected chi connectivity index (χ4v) is 2.95. The second-order valence-electron chi connectivity index (χ2n) is 5.90. The van der Waals surface area contributed by atoms with Crippen LogP contribution in [0.25, 0.3) is 0 Å². The number of aryl methyl sites for hydroxylation is 1. The monoisotopic (exact) mass is 309 g/mol. The summed E-state index contributed by atoms with van der Waals surface area (Å²) < 4.78 is 0. The molecule has 4 heteroatoms. The Labute approximate surface area is 137 Å².